The fourth-order valence-corrected chi connectivity index (χ4v) is 4.63. The summed E-state index contributed by atoms with van der Waals surface area (Å²) < 4.78 is 1.95. The van der Waals surface area contributed by atoms with Crippen LogP contribution in [0.5, 0.6) is 0 Å². The highest BCUT2D eigenvalue weighted by molar-refractivity contribution is 5.93. The number of amides is 1. The lowest BCUT2D eigenvalue weighted by atomic mass is 9.73. The Bertz CT molecular complexity index is 797. The van der Waals surface area contributed by atoms with Crippen molar-refractivity contribution in [3.05, 3.63) is 41.7 Å². The van der Waals surface area contributed by atoms with E-state index in [4.69, 9.17) is 0 Å². The highest BCUT2D eigenvalue weighted by Gasteiger charge is 2.40. The third kappa shape index (κ3) is 3.88. The molecule has 4 rings (SSSR count). The van der Waals surface area contributed by atoms with Crippen LogP contribution in [-0.2, 0) is 13.6 Å². The fraction of sp³-hybridized carbons (Fsp3) is 0.600. The Kier molecular flexibility index (Phi) is 4.95. The van der Waals surface area contributed by atoms with Crippen LogP contribution in [0.1, 0.15) is 47.6 Å². The van der Waals surface area contributed by atoms with Crippen LogP contribution in [0.25, 0.3) is 0 Å². The molecule has 1 unspecified atom stereocenters. The van der Waals surface area contributed by atoms with Gasteiger partial charge in [-0.3, -0.25) is 14.4 Å². The molecule has 7 nitrogen and oxygen atoms in total. The number of rotatable bonds is 3. The largest absolute Gasteiger partial charge is 0.338 e. The zero-order chi connectivity index (χ0) is 18.9. The van der Waals surface area contributed by atoms with E-state index < -0.39 is 0 Å². The molecule has 1 atom stereocenters. The van der Waals surface area contributed by atoms with Gasteiger partial charge >= 0.3 is 0 Å². The van der Waals surface area contributed by atoms with Gasteiger partial charge in [0, 0.05) is 57.2 Å². The molecule has 2 aliphatic heterocycles. The minimum absolute atomic E-state index is 0.0674. The molecule has 0 aliphatic carbocycles. The van der Waals surface area contributed by atoms with Crippen LogP contribution in [0.2, 0.25) is 0 Å². The molecule has 2 saturated heterocycles. The Morgan fingerprint density at radius 2 is 1.89 bits per heavy atom. The van der Waals surface area contributed by atoms with Crippen molar-refractivity contribution < 1.29 is 4.79 Å². The Morgan fingerprint density at radius 3 is 2.59 bits per heavy atom. The standard InChI is InChI=1S/C20H28N6O/c1-16-21-11-17(12-22-16)19(27)26-10-4-7-20(15-26)6-3-9-25(14-20)13-18-5-8-23-24(18)2/h5,8,11-12H,3-4,6-7,9-10,13-15H2,1-2H3. The van der Waals surface area contributed by atoms with Gasteiger partial charge in [0.25, 0.3) is 5.91 Å². The molecule has 2 aliphatic rings. The highest BCUT2D eigenvalue weighted by atomic mass is 16.2. The molecule has 0 radical (unpaired) electrons. The molecular weight excluding hydrogens is 340 g/mol. The Balaban J connectivity index is 1.45. The molecule has 0 aromatic carbocycles. The molecule has 2 fully saturated rings. The maximum absolute atomic E-state index is 12.9. The maximum Gasteiger partial charge on any atom is 0.257 e. The predicted octanol–water partition coefficient (Wildman–Crippen LogP) is 2.04. The summed E-state index contributed by atoms with van der Waals surface area (Å²) in [6, 6.07) is 2.09. The molecule has 1 amide bonds. The quantitative estimate of drug-likeness (QED) is 0.829. The number of carbonyl (C=O) groups excluding carboxylic acids is 1. The number of aromatic nitrogens is 4. The van der Waals surface area contributed by atoms with Crippen molar-refractivity contribution in [1.29, 1.82) is 0 Å². The molecule has 0 N–H and O–H groups in total. The zero-order valence-electron chi connectivity index (χ0n) is 16.3. The van der Waals surface area contributed by atoms with Crippen molar-refractivity contribution in [2.24, 2.45) is 12.5 Å². The lowest BCUT2D eigenvalue weighted by Crippen LogP contribution is -2.53. The van der Waals surface area contributed by atoms with Gasteiger partial charge in [-0.15, -0.1) is 0 Å². The average Bonchev–Trinajstić information content (AvgIpc) is 3.06. The fourth-order valence-electron chi connectivity index (χ4n) is 4.63. The van der Waals surface area contributed by atoms with E-state index in [1.54, 1.807) is 12.4 Å². The van der Waals surface area contributed by atoms with E-state index in [2.05, 4.69) is 26.0 Å². The molecule has 7 heteroatoms. The van der Waals surface area contributed by atoms with E-state index in [9.17, 15) is 4.79 Å². The number of likely N-dealkylation sites (tertiary alicyclic amines) is 2. The van der Waals surface area contributed by atoms with Gasteiger partial charge in [-0.1, -0.05) is 0 Å². The van der Waals surface area contributed by atoms with Gasteiger partial charge in [0.05, 0.1) is 11.3 Å². The van der Waals surface area contributed by atoms with Crippen LogP contribution in [-0.4, -0.2) is 61.6 Å². The molecule has 2 aromatic rings. The average molecular weight is 368 g/mol. The molecule has 4 heterocycles. The Labute approximate surface area is 160 Å². The zero-order valence-corrected chi connectivity index (χ0v) is 16.3. The molecule has 0 saturated carbocycles. The minimum Gasteiger partial charge on any atom is -0.338 e. The van der Waals surface area contributed by atoms with Crippen molar-refractivity contribution in [3.8, 4) is 0 Å². The first kappa shape index (κ1) is 18.1. The summed E-state index contributed by atoms with van der Waals surface area (Å²) in [5, 5.41) is 4.29. The van der Waals surface area contributed by atoms with Crippen molar-refractivity contribution >= 4 is 5.91 Å². The number of aryl methyl sites for hydroxylation is 2. The van der Waals surface area contributed by atoms with Crippen LogP contribution in [0.4, 0.5) is 0 Å². The number of hydrogen-bond donors (Lipinski definition) is 0. The van der Waals surface area contributed by atoms with E-state index in [1.165, 1.54) is 25.0 Å². The molecule has 2 aromatic heterocycles. The maximum atomic E-state index is 12.9. The van der Waals surface area contributed by atoms with E-state index >= 15 is 0 Å². The van der Waals surface area contributed by atoms with Crippen molar-refractivity contribution in [2.75, 3.05) is 26.2 Å². The Morgan fingerprint density at radius 1 is 1.15 bits per heavy atom. The van der Waals surface area contributed by atoms with E-state index in [0.717, 1.165) is 39.1 Å². The highest BCUT2D eigenvalue weighted by Crippen LogP contribution is 2.39. The number of carbonyl (C=O) groups is 1. The van der Waals surface area contributed by atoms with Gasteiger partial charge in [-0.2, -0.15) is 5.10 Å². The SMILES string of the molecule is Cc1ncc(C(=O)N2CCCC3(CCCN(Cc4ccnn4C)C3)C2)cn1. The third-order valence-electron chi connectivity index (χ3n) is 6.03. The summed E-state index contributed by atoms with van der Waals surface area (Å²) >= 11 is 0. The van der Waals surface area contributed by atoms with Gasteiger partial charge in [0.2, 0.25) is 0 Å². The number of hydrogen-bond acceptors (Lipinski definition) is 5. The second-order valence-corrected chi connectivity index (χ2v) is 8.11. The lowest BCUT2D eigenvalue weighted by Gasteiger charge is -2.48. The topological polar surface area (TPSA) is 67.2 Å². The second-order valence-electron chi connectivity index (χ2n) is 8.11. The summed E-state index contributed by atoms with van der Waals surface area (Å²) in [7, 11) is 2.00. The predicted molar refractivity (Wildman–Crippen MR) is 102 cm³/mol. The van der Waals surface area contributed by atoms with E-state index in [0.29, 0.717) is 11.4 Å². The van der Waals surface area contributed by atoms with Crippen LogP contribution < -0.4 is 0 Å². The van der Waals surface area contributed by atoms with Gasteiger partial charge < -0.3 is 4.90 Å². The van der Waals surface area contributed by atoms with Crippen LogP contribution in [0, 0.1) is 12.3 Å². The third-order valence-corrected chi connectivity index (χ3v) is 6.03. The normalized spacial score (nSPS) is 23.7. The first-order valence-corrected chi connectivity index (χ1v) is 9.82. The molecule has 0 bridgehead atoms. The smallest absolute Gasteiger partial charge is 0.257 e. The monoisotopic (exact) mass is 368 g/mol. The van der Waals surface area contributed by atoms with Gasteiger partial charge in [0.1, 0.15) is 5.82 Å². The van der Waals surface area contributed by atoms with Crippen molar-refractivity contribution in [2.45, 2.75) is 39.2 Å². The summed E-state index contributed by atoms with van der Waals surface area (Å²) in [6.07, 6.45) is 9.82. The van der Waals surface area contributed by atoms with Crippen molar-refractivity contribution in [3.63, 3.8) is 0 Å². The lowest BCUT2D eigenvalue weighted by molar-refractivity contribution is 0.0107. The summed E-state index contributed by atoms with van der Waals surface area (Å²) in [5.41, 5.74) is 2.05. The molecule has 144 valence electrons. The second kappa shape index (κ2) is 7.38. The molecular formula is C20H28N6O. The molecule has 27 heavy (non-hydrogen) atoms. The number of nitrogens with zero attached hydrogens (tertiary/aromatic N) is 6. The number of piperidine rings is 2. The van der Waals surface area contributed by atoms with Gasteiger partial charge in [-0.05, 0) is 45.2 Å². The first-order valence-electron chi connectivity index (χ1n) is 9.82. The summed E-state index contributed by atoms with van der Waals surface area (Å²) in [4.78, 5) is 25.9. The van der Waals surface area contributed by atoms with Crippen LogP contribution in [0.15, 0.2) is 24.7 Å². The molecule has 1 spiro atoms. The van der Waals surface area contributed by atoms with Crippen molar-refractivity contribution in [1.82, 2.24) is 29.5 Å². The Hall–Kier alpha value is -2.28. The van der Waals surface area contributed by atoms with E-state index in [1.807, 2.05) is 29.7 Å². The van der Waals surface area contributed by atoms with Gasteiger partial charge in [0.15, 0.2) is 0 Å². The van der Waals surface area contributed by atoms with Crippen LogP contribution in [0.3, 0.4) is 0 Å². The summed E-state index contributed by atoms with van der Waals surface area (Å²) in [5.74, 6) is 0.762. The van der Waals surface area contributed by atoms with E-state index in [-0.39, 0.29) is 11.3 Å². The van der Waals surface area contributed by atoms with Gasteiger partial charge in [-0.25, -0.2) is 9.97 Å². The van der Waals surface area contributed by atoms with Crippen LogP contribution >= 0.6 is 0 Å². The summed E-state index contributed by atoms with van der Waals surface area (Å²) in [6.45, 7) is 6.60. The first-order chi connectivity index (χ1) is 13.0. The minimum atomic E-state index is 0.0674.